The molecule has 2 aromatic rings. The molecule has 3 N–H and O–H groups in total. The summed E-state index contributed by atoms with van der Waals surface area (Å²) in [5.41, 5.74) is 7.36. The van der Waals surface area contributed by atoms with E-state index in [2.05, 4.69) is 20.4 Å². The lowest BCUT2D eigenvalue weighted by molar-refractivity contribution is 0.377. The van der Waals surface area contributed by atoms with Crippen molar-refractivity contribution in [2.75, 3.05) is 17.6 Å². The van der Waals surface area contributed by atoms with Gasteiger partial charge in [-0.3, -0.25) is 0 Å². The number of nitrogens with one attached hydrogen (secondary N) is 1. The number of nitrogens with two attached hydrogens (primary N) is 1. The lowest BCUT2D eigenvalue weighted by Gasteiger charge is -2.07. The molecule has 0 bridgehead atoms. The highest BCUT2D eigenvalue weighted by atomic mass is 16.5. The summed E-state index contributed by atoms with van der Waals surface area (Å²) in [4.78, 5) is 8.42. The Morgan fingerprint density at radius 3 is 2.82 bits per heavy atom. The van der Waals surface area contributed by atoms with Crippen LogP contribution in [0, 0.1) is 13.8 Å². The summed E-state index contributed by atoms with van der Waals surface area (Å²) in [6, 6.07) is 3.71. The summed E-state index contributed by atoms with van der Waals surface area (Å²) in [7, 11) is 0. The number of rotatable bonds is 4. The van der Waals surface area contributed by atoms with Gasteiger partial charge in [0.05, 0.1) is 5.69 Å². The van der Waals surface area contributed by atoms with E-state index >= 15 is 0 Å². The number of anilines is 2. The Hall–Kier alpha value is -2.11. The van der Waals surface area contributed by atoms with Gasteiger partial charge in [-0.1, -0.05) is 5.16 Å². The van der Waals surface area contributed by atoms with Crippen LogP contribution in [0.1, 0.15) is 17.4 Å². The molecule has 0 aliphatic rings. The molecule has 0 aromatic carbocycles. The molecule has 0 amide bonds. The summed E-state index contributed by atoms with van der Waals surface area (Å²) in [6.07, 6.45) is 0.649. The third-order valence-corrected chi connectivity index (χ3v) is 2.27. The topological polar surface area (TPSA) is 89.9 Å². The first kappa shape index (κ1) is 11.4. The summed E-state index contributed by atoms with van der Waals surface area (Å²) in [5.74, 6) is 1.95. The average Bonchev–Trinajstić information content (AvgIpc) is 2.69. The van der Waals surface area contributed by atoms with Crippen molar-refractivity contribution in [3.63, 3.8) is 0 Å². The number of nitrogens with zero attached hydrogens (tertiary/aromatic N) is 3. The molecule has 0 aliphatic carbocycles. The first-order chi connectivity index (χ1) is 8.15. The highest BCUT2D eigenvalue weighted by Crippen LogP contribution is 2.15. The fourth-order valence-corrected chi connectivity index (χ4v) is 1.44. The van der Waals surface area contributed by atoms with Crippen LogP contribution < -0.4 is 11.1 Å². The largest absolute Gasteiger partial charge is 0.396 e. The standard InChI is InChI=1S/C11H15N5O/c1-7-3-4-9(12)11(14-7)13-6-5-10-15-8(2)16-17-10/h3-4H,5-6,12H2,1-2H3,(H,13,14). The number of hydrogen-bond acceptors (Lipinski definition) is 6. The molecular weight excluding hydrogens is 218 g/mol. The zero-order valence-corrected chi connectivity index (χ0v) is 9.90. The number of pyridine rings is 1. The lowest BCUT2D eigenvalue weighted by atomic mass is 10.3. The molecule has 2 rings (SSSR count). The SMILES string of the molecule is Cc1ccc(N)c(NCCc2nc(C)no2)n1. The van der Waals surface area contributed by atoms with Crippen LogP contribution >= 0.6 is 0 Å². The molecule has 6 heteroatoms. The van der Waals surface area contributed by atoms with Gasteiger partial charge in [0.15, 0.2) is 5.82 Å². The van der Waals surface area contributed by atoms with Gasteiger partial charge in [-0.25, -0.2) is 4.98 Å². The van der Waals surface area contributed by atoms with Gasteiger partial charge in [-0.2, -0.15) is 4.98 Å². The van der Waals surface area contributed by atoms with Crippen molar-refractivity contribution in [2.24, 2.45) is 0 Å². The Bertz CT molecular complexity index is 508. The van der Waals surface area contributed by atoms with Gasteiger partial charge in [0, 0.05) is 18.7 Å². The van der Waals surface area contributed by atoms with Gasteiger partial charge in [-0.15, -0.1) is 0 Å². The molecule has 0 radical (unpaired) electrons. The van der Waals surface area contributed by atoms with Gasteiger partial charge in [0.25, 0.3) is 0 Å². The van der Waals surface area contributed by atoms with Crippen LogP contribution in [-0.4, -0.2) is 21.7 Å². The molecule has 0 fully saturated rings. The quantitative estimate of drug-likeness (QED) is 0.827. The molecule has 0 aliphatic heterocycles. The van der Waals surface area contributed by atoms with E-state index in [1.165, 1.54) is 0 Å². The van der Waals surface area contributed by atoms with Crippen molar-refractivity contribution in [3.05, 3.63) is 29.5 Å². The maximum absolute atomic E-state index is 5.80. The van der Waals surface area contributed by atoms with Gasteiger partial charge >= 0.3 is 0 Å². The van der Waals surface area contributed by atoms with E-state index in [0.717, 1.165) is 5.69 Å². The minimum atomic E-state index is 0.612. The van der Waals surface area contributed by atoms with E-state index in [0.29, 0.717) is 36.2 Å². The molecular formula is C11H15N5O. The molecule has 2 heterocycles. The van der Waals surface area contributed by atoms with Crippen LogP contribution in [0.5, 0.6) is 0 Å². The third-order valence-electron chi connectivity index (χ3n) is 2.27. The normalized spacial score (nSPS) is 10.5. The third kappa shape index (κ3) is 2.93. The monoisotopic (exact) mass is 233 g/mol. The molecule has 6 nitrogen and oxygen atoms in total. The summed E-state index contributed by atoms with van der Waals surface area (Å²) >= 11 is 0. The highest BCUT2D eigenvalue weighted by Gasteiger charge is 2.04. The van der Waals surface area contributed by atoms with Crippen LogP contribution in [0.4, 0.5) is 11.5 Å². The Balaban J connectivity index is 1.91. The zero-order chi connectivity index (χ0) is 12.3. The molecule has 0 saturated carbocycles. The molecule has 0 unspecified atom stereocenters. The first-order valence-corrected chi connectivity index (χ1v) is 5.41. The predicted octanol–water partition coefficient (Wildman–Crippen LogP) is 1.32. The fourth-order valence-electron chi connectivity index (χ4n) is 1.44. The molecule has 0 atom stereocenters. The second kappa shape index (κ2) is 4.82. The Morgan fingerprint density at radius 1 is 1.29 bits per heavy atom. The number of aromatic nitrogens is 3. The van der Waals surface area contributed by atoms with Gasteiger partial charge in [0.2, 0.25) is 5.89 Å². The highest BCUT2D eigenvalue weighted by molar-refractivity contribution is 5.61. The zero-order valence-electron chi connectivity index (χ0n) is 9.90. The van der Waals surface area contributed by atoms with Crippen LogP contribution in [0.3, 0.4) is 0 Å². The number of nitrogen functional groups attached to an aromatic ring is 1. The summed E-state index contributed by atoms with van der Waals surface area (Å²) in [5, 5.41) is 6.87. The second-order valence-corrected chi connectivity index (χ2v) is 3.80. The van der Waals surface area contributed by atoms with Crippen molar-refractivity contribution < 1.29 is 4.52 Å². The van der Waals surface area contributed by atoms with E-state index in [4.69, 9.17) is 10.3 Å². The predicted molar refractivity (Wildman–Crippen MR) is 64.6 cm³/mol. The summed E-state index contributed by atoms with van der Waals surface area (Å²) < 4.78 is 5.00. The molecule has 0 spiro atoms. The minimum absolute atomic E-state index is 0.612. The van der Waals surface area contributed by atoms with Crippen molar-refractivity contribution in [3.8, 4) is 0 Å². The van der Waals surface area contributed by atoms with Crippen molar-refractivity contribution in [1.82, 2.24) is 15.1 Å². The second-order valence-electron chi connectivity index (χ2n) is 3.80. The Labute approximate surface area is 99.2 Å². The first-order valence-electron chi connectivity index (χ1n) is 5.41. The lowest BCUT2D eigenvalue weighted by Crippen LogP contribution is -2.09. The molecule has 2 aromatic heterocycles. The minimum Gasteiger partial charge on any atom is -0.396 e. The maximum atomic E-state index is 5.80. The average molecular weight is 233 g/mol. The number of hydrogen-bond donors (Lipinski definition) is 2. The van der Waals surface area contributed by atoms with Crippen LogP contribution in [0.2, 0.25) is 0 Å². The Kier molecular flexibility index (Phi) is 3.22. The smallest absolute Gasteiger partial charge is 0.228 e. The molecule has 0 saturated heterocycles. The molecule has 17 heavy (non-hydrogen) atoms. The maximum Gasteiger partial charge on any atom is 0.228 e. The van der Waals surface area contributed by atoms with E-state index in [1.54, 1.807) is 6.92 Å². The van der Waals surface area contributed by atoms with Crippen LogP contribution in [0.25, 0.3) is 0 Å². The van der Waals surface area contributed by atoms with E-state index in [1.807, 2.05) is 19.1 Å². The van der Waals surface area contributed by atoms with Crippen molar-refractivity contribution in [1.29, 1.82) is 0 Å². The Morgan fingerprint density at radius 2 is 2.12 bits per heavy atom. The van der Waals surface area contributed by atoms with E-state index in [9.17, 15) is 0 Å². The summed E-state index contributed by atoms with van der Waals surface area (Å²) in [6.45, 7) is 4.37. The van der Waals surface area contributed by atoms with Crippen molar-refractivity contribution >= 4 is 11.5 Å². The van der Waals surface area contributed by atoms with Gasteiger partial charge in [-0.05, 0) is 26.0 Å². The number of aryl methyl sites for hydroxylation is 2. The van der Waals surface area contributed by atoms with Crippen LogP contribution in [-0.2, 0) is 6.42 Å². The fraction of sp³-hybridized carbons (Fsp3) is 0.364. The molecule has 90 valence electrons. The van der Waals surface area contributed by atoms with E-state index in [-0.39, 0.29) is 0 Å². The van der Waals surface area contributed by atoms with E-state index < -0.39 is 0 Å². The van der Waals surface area contributed by atoms with Crippen LogP contribution in [0.15, 0.2) is 16.7 Å². The van der Waals surface area contributed by atoms with Gasteiger partial charge < -0.3 is 15.6 Å². The van der Waals surface area contributed by atoms with Gasteiger partial charge in [0.1, 0.15) is 5.82 Å². The van der Waals surface area contributed by atoms with Crippen molar-refractivity contribution in [2.45, 2.75) is 20.3 Å².